The maximum absolute atomic E-state index is 11.8. The molecule has 0 aliphatic rings. The average molecular weight is 360 g/mol. The van der Waals surface area contributed by atoms with Crippen LogP contribution in [0.2, 0.25) is 5.02 Å². The first-order chi connectivity index (χ1) is 11.8. The minimum absolute atomic E-state index is 0.401. The highest BCUT2D eigenvalue weighted by Crippen LogP contribution is 2.23. The molecule has 0 aliphatic heterocycles. The van der Waals surface area contributed by atoms with E-state index in [9.17, 15) is 9.59 Å². The molecule has 1 N–H and O–H groups in total. The van der Waals surface area contributed by atoms with Crippen LogP contribution in [0.4, 0.5) is 4.79 Å². The second kappa shape index (κ2) is 8.17. The van der Waals surface area contributed by atoms with E-state index < -0.39 is 17.7 Å². The molecule has 5 heteroatoms. The third-order valence-corrected chi connectivity index (χ3v) is 3.67. The molecule has 2 aromatic carbocycles. The van der Waals surface area contributed by atoms with Crippen LogP contribution in [0.1, 0.15) is 26.3 Å². The highest BCUT2D eigenvalue weighted by molar-refractivity contribution is 6.30. The minimum atomic E-state index is -0.633. The molecule has 0 radical (unpaired) electrons. The number of hydrogen-bond acceptors (Lipinski definition) is 3. The number of carbonyl (C=O) groups is 2. The molecule has 0 aliphatic carbocycles. The number of alkyl carbamates (subject to hydrolysis) is 1. The van der Waals surface area contributed by atoms with E-state index in [1.165, 1.54) is 0 Å². The molecule has 4 nitrogen and oxygen atoms in total. The number of hydrogen-bond donors (Lipinski definition) is 1. The third-order valence-electron chi connectivity index (χ3n) is 3.43. The molecular weight excluding hydrogens is 338 g/mol. The van der Waals surface area contributed by atoms with Gasteiger partial charge in [-0.3, -0.25) is 0 Å². The Hall–Kier alpha value is -2.33. The molecule has 0 fully saturated rings. The summed E-state index contributed by atoms with van der Waals surface area (Å²) in [7, 11) is 0. The zero-order chi connectivity index (χ0) is 18.4. The number of aldehydes is 1. The number of carbonyl (C=O) groups excluding carboxylic acids is 2. The highest BCUT2D eigenvalue weighted by Gasteiger charge is 2.19. The van der Waals surface area contributed by atoms with Crippen molar-refractivity contribution in [3.8, 4) is 11.1 Å². The molecule has 0 saturated heterocycles. The van der Waals surface area contributed by atoms with Gasteiger partial charge in [0, 0.05) is 5.02 Å². The Labute approximate surface area is 153 Å². The van der Waals surface area contributed by atoms with Gasteiger partial charge < -0.3 is 14.8 Å². The molecular formula is C20H22ClNO3. The van der Waals surface area contributed by atoms with Crippen molar-refractivity contribution in [3.05, 3.63) is 59.1 Å². The summed E-state index contributed by atoms with van der Waals surface area (Å²) in [5.41, 5.74) is 2.40. The molecule has 2 aromatic rings. The van der Waals surface area contributed by atoms with Gasteiger partial charge in [0.15, 0.2) is 0 Å². The van der Waals surface area contributed by atoms with Gasteiger partial charge in [0.05, 0.1) is 6.04 Å². The van der Waals surface area contributed by atoms with E-state index in [0.29, 0.717) is 11.4 Å². The van der Waals surface area contributed by atoms with Crippen molar-refractivity contribution in [1.29, 1.82) is 0 Å². The number of benzene rings is 2. The van der Waals surface area contributed by atoms with Crippen LogP contribution in [-0.4, -0.2) is 24.0 Å². The fourth-order valence-corrected chi connectivity index (χ4v) is 2.54. The fourth-order valence-electron chi connectivity index (χ4n) is 2.35. The zero-order valence-corrected chi connectivity index (χ0v) is 15.3. The SMILES string of the molecule is CC(C)(C)OC(=O)N[C@@H](C=O)Cc1ccc(-c2cccc(Cl)c2)cc1. The van der Waals surface area contributed by atoms with Crippen LogP contribution >= 0.6 is 11.6 Å². The highest BCUT2D eigenvalue weighted by atomic mass is 35.5. The average Bonchev–Trinajstić information content (AvgIpc) is 2.53. The lowest BCUT2D eigenvalue weighted by Gasteiger charge is -2.21. The minimum Gasteiger partial charge on any atom is -0.444 e. The lowest BCUT2D eigenvalue weighted by atomic mass is 10.0. The summed E-state index contributed by atoms with van der Waals surface area (Å²) in [6, 6.07) is 14.8. The van der Waals surface area contributed by atoms with Crippen LogP contribution in [0.25, 0.3) is 11.1 Å². The van der Waals surface area contributed by atoms with Gasteiger partial charge >= 0.3 is 6.09 Å². The Morgan fingerprint density at radius 2 is 1.84 bits per heavy atom. The smallest absolute Gasteiger partial charge is 0.408 e. The first kappa shape index (κ1) is 19.0. The van der Waals surface area contributed by atoms with E-state index in [4.69, 9.17) is 16.3 Å². The Kier molecular flexibility index (Phi) is 6.21. The zero-order valence-electron chi connectivity index (χ0n) is 14.6. The second-order valence-corrected chi connectivity index (χ2v) is 7.24. The summed E-state index contributed by atoms with van der Waals surface area (Å²) in [4.78, 5) is 23.0. The van der Waals surface area contributed by atoms with Gasteiger partial charge in [-0.25, -0.2) is 4.79 Å². The lowest BCUT2D eigenvalue weighted by molar-refractivity contribution is -0.109. The van der Waals surface area contributed by atoms with Gasteiger partial charge in [-0.15, -0.1) is 0 Å². The topological polar surface area (TPSA) is 55.4 Å². The van der Waals surface area contributed by atoms with Crippen molar-refractivity contribution in [2.75, 3.05) is 0 Å². The third kappa shape index (κ3) is 6.24. The first-order valence-electron chi connectivity index (χ1n) is 8.06. The predicted molar refractivity (Wildman–Crippen MR) is 99.8 cm³/mol. The Morgan fingerprint density at radius 1 is 1.16 bits per heavy atom. The molecule has 25 heavy (non-hydrogen) atoms. The second-order valence-electron chi connectivity index (χ2n) is 6.80. The van der Waals surface area contributed by atoms with Crippen LogP contribution < -0.4 is 5.32 Å². The number of nitrogens with one attached hydrogen (secondary N) is 1. The summed E-state index contributed by atoms with van der Waals surface area (Å²) >= 11 is 6.02. The predicted octanol–water partition coefficient (Wildman–Crippen LogP) is 4.64. The molecule has 0 saturated carbocycles. The van der Waals surface area contributed by atoms with E-state index in [1.807, 2.05) is 48.5 Å². The molecule has 1 atom stereocenters. The van der Waals surface area contributed by atoms with Gasteiger partial charge in [-0.2, -0.15) is 0 Å². The Balaban J connectivity index is 2.01. The summed E-state index contributed by atoms with van der Waals surface area (Å²) in [5, 5.41) is 3.26. The summed E-state index contributed by atoms with van der Waals surface area (Å²) in [6.07, 6.45) is 0.521. The van der Waals surface area contributed by atoms with Crippen molar-refractivity contribution in [2.45, 2.75) is 38.8 Å². The monoisotopic (exact) mass is 359 g/mol. The van der Waals surface area contributed by atoms with Crippen LogP contribution in [0, 0.1) is 0 Å². The van der Waals surface area contributed by atoms with Crippen molar-refractivity contribution >= 4 is 24.0 Å². The molecule has 0 aromatic heterocycles. The van der Waals surface area contributed by atoms with Crippen LogP contribution in [0.15, 0.2) is 48.5 Å². The standard InChI is InChI=1S/C20H22ClNO3/c1-20(2,3)25-19(24)22-18(13-23)11-14-7-9-15(10-8-14)16-5-4-6-17(21)12-16/h4-10,12-13,18H,11H2,1-3H3,(H,22,24)/t18-/m1/s1. The van der Waals surface area contributed by atoms with Gasteiger partial charge in [-0.05, 0) is 56.0 Å². The number of amides is 1. The number of rotatable bonds is 5. The van der Waals surface area contributed by atoms with E-state index in [0.717, 1.165) is 23.0 Å². The van der Waals surface area contributed by atoms with E-state index in [-0.39, 0.29) is 0 Å². The van der Waals surface area contributed by atoms with Crippen LogP contribution in [0.3, 0.4) is 0 Å². The Bertz CT molecular complexity index is 735. The van der Waals surface area contributed by atoms with Crippen LogP contribution in [-0.2, 0) is 16.0 Å². The van der Waals surface area contributed by atoms with E-state index in [2.05, 4.69) is 5.32 Å². The summed E-state index contributed by atoms with van der Waals surface area (Å²) in [5.74, 6) is 0. The van der Waals surface area contributed by atoms with Crippen LogP contribution in [0.5, 0.6) is 0 Å². The van der Waals surface area contributed by atoms with E-state index >= 15 is 0 Å². The molecule has 0 spiro atoms. The molecule has 0 unspecified atom stereocenters. The van der Waals surface area contributed by atoms with Crippen molar-refractivity contribution < 1.29 is 14.3 Å². The maximum Gasteiger partial charge on any atom is 0.408 e. The molecule has 132 valence electrons. The van der Waals surface area contributed by atoms with Gasteiger partial charge in [-0.1, -0.05) is 48.0 Å². The molecule has 0 bridgehead atoms. The van der Waals surface area contributed by atoms with E-state index in [1.54, 1.807) is 20.8 Å². The van der Waals surface area contributed by atoms with Crippen molar-refractivity contribution in [1.82, 2.24) is 5.32 Å². The quantitative estimate of drug-likeness (QED) is 0.791. The largest absolute Gasteiger partial charge is 0.444 e. The lowest BCUT2D eigenvalue weighted by Crippen LogP contribution is -2.41. The molecule has 1 amide bonds. The van der Waals surface area contributed by atoms with Crippen molar-refractivity contribution in [2.24, 2.45) is 0 Å². The molecule has 0 heterocycles. The van der Waals surface area contributed by atoms with Crippen molar-refractivity contribution in [3.63, 3.8) is 0 Å². The maximum atomic E-state index is 11.8. The van der Waals surface area contributed by atoms with Gasteiger partial charge in [0.2, 0.25) is 0 Å². The normalized spacial score (nSPS) is 12.3. The van der Waals surface area contributed by atoms with Gasteiger partial charge in [0.1, 0.15) is 11.9 Å². The molecule has 2 rings (SSSR count). The summed E-state index contributed by atoms with van der Waals surface area (Å²) in [6.45, 7) is 5.32. The van der Waals surface area contributed by atoms with Gasteiger partial charge in [0.25, 0.3) is 0 Å². The Morgan fingerprint density at radius 3 is 2.40 bits per heavy atom. The number of halogens is 1. The fraction of sp³-hybridized carbons (Fsp3) is 0.300. The summed E-state index contributed by atoms with van der Waals surface area (Å²) < 4.78 is 5.17. The number of ether oxygens (including phenoxy) is 1. The first-order valence-corrected chi connectivity index (χ1v) is 8.44.